The van der Waals surface area contributed by atoms with Gasteiger partial charge in [-0.05, 0) is 13.3 Å². The molecule has 3 N–H and O–H groups in total. The molecule has 1 heterocycles. The summed E-state index contributed by atoms with van der Waals surface area (Å²) in [6.45, 7) is 4.40. The van der Waals surface area contributed by atoms with Crippen LogP contribution in [0.4, 0.5) is 5.13 Å². The molecule has 0 saturated carbocycles. The van der Waals surface area contributed by atoms with E-state index in [4.69, 9.17) is 5.11 Å². The van der Waals surface area contributed by atoms with Crippen LogP contribution in [0.5, 0.6) is 0 Å². The number of anilines is 1. The molecule has 0 aliphatic heterocycles. The number of carbonyl (C=O) groups excluding carboxylic acids is 1. The van der Waals surface area contributed by atoms with Crippen LogP contribution in [0.2, 0.25) is 0 Å². The average molecular weight is 271 g/mol. The highest BCUT2D eigenvalue weighted by molar-refractivity contribution is 7.13. The number of hydrogen-bond acceptors (Lipinski definition) is 5. The van der Waals surface area contributed by atoms with Gasteiger partial charge in [0.05, 0.1) is 0 Å². The lowest BCUT2D eigenvalue weighted by atomic mass is 10.2. The zero-order valence-corrected chi connectivity index (χ0v) is 11.2. The predicted molar refractivity (Wildman–Crippen MR) is 70.1 cm³/mol. The lowest BCUT2D eigenvalue weighted by Gasteiger charge is -2.11. The molecule has 0 aliphatic carbocycles. The van der Waals surface area contributed by atoms with Crippen molar-refractivity contribution in [3.8, 4) is 0 Å². The summed E-state index contributed by atoms with van der Waals surface area (Å²) < 4.78 is 0. The Morgan fingerprint density at radius 1 is 1.56 bits per heavy atom. The van der Waals surface area contributed by atoms with Crippen molar-refractivity contribution >= 4 is 28.3 Å². The highest BCUT2D eigenvalue weighted by Crippen LogP contribution is 2.14. The summed E-state index contributed by atoms with van der Waals surface area (Å²) in [7, 11) is 0. The Morgan fingerprint density at radius 2 is 2.28 bits per heavy atom. The van der Waals surface area contributed by atoms with Crippen molar-refractivity contribution in [2.45, 2.75) is 32.7 Å². The molecular weight excluding hydrogens is 254 g/mol. The van der Waals surface area contributed by atoms with E-state index in [0.717, 1.165) is 6.42 Å². The highest BCUT2D eigenvalue weighted by Gasteiger charge is 2.09. The zero-order valence-electron chi connectivity index (χ0n) is 10.4. The smallest absolute Gasteiger partial charge is 0.355 e. The Balaban J connectivity index is 2.28. The maximum absolute atomic E-state index is 11.5. The molecule has 1 aromatic rings. The predicted octanol–water partition coefficient (Wildman–Crippen LogP) is 1.56. The molecule has 0 saturated heterocycles. The summed E-state index contributed by atoms with van der Waals surface area (Å²) in [5.41, 5.74) is 0.0200. The van der Waals surface area contributed by atoms with Gasteiger partial charge in [0.25, 0.3) is 0 Å². The van der Waals surface area contributed by atoms with Crippen LogP contribution in [0.1, 0.15) is 37.2 Å². The second-order valence-corrected chi connectivity index (χ2v) is 4.75. The van der Waals surface area contributed by atoms with E-state index in [1.807, 2.05) is 13.8 Å². The number of aromatic nitrogens is 1. The van der Waals surface area contributed by atoms with Crippen LogP contribution in [-0.4, -0.2) is 34.6 Å². The lowest BCUT2D eigenvalue weighted by molar-refractivity contribution is -0.121. The molecular formula is C11H17N3O3S. The molecule has 0 aromatic carbocycles. The number of amides is 1. The van der Waals surface area contributed by atoms with E-state index < -0.39 is 5.97 Å². The van der Waals surface area contributed by atoms with Crippen molar-refractivity contribution in [1.29, 1.82) is 0 Å². The Morgan fingerprint density at radius 3 is 2.83 bits per heavy atom. The SMILES string of the molecule is CCC(C)NC(=O)CCNc1nc(C(=O)O)cs1. The first kappa shape index (κ1) is 14.4. The maximum atomic E-state index is 11.5. The summed E-state index contributed by atoms with van der Waals surface area (Å²) >= 11 is 1.21. The molecule has 7 heteroatoms. The van der Waals surface area contributed by atoms with Gasteiger partial charge in [0.1, 0.15) is 0 Å². The summed E-state index contributed by atoms with van der Waals surface area (Å²) in [6, 6.07) is 0.177. The van der Waals surface area contributed by atoms with Gasteiger partial charge < -0.3 is 15.7 Å². The molecule has 0 spiro atoms. The van der Waals surface area contributed by atoms with Crippen molar-refractivity contribution < 1.29 is 14.7 Å². The third kappa shape index (κ3) is 4.70. The van der Waals surface area contributed by atoms with Crippen molar-refractivity contribution in [2.24, 2.45) is 0 Å². The fourth-order valence-corrected chi connectivity index (χ4v) is 1.90. The summed E-state index contributed by atoms with van der Waals surface area (Å²) in [6.07, 6.45) is 1.24. The molecule has 1 rings (SSSR count). The minimum absolute atomic E-state index is 0.0200. The van der Waals surface area contributed by atoms with E-state index in [2.05, 4.69) is 15.6 Å². The van der Waals surface area contributed by atoms with Gasteiger partial charge in [-0.2, -0.15) is 0 Å². The van der Waals surface area contributed by atoms with Gasteiger partial charge in [-0.25, -0.2) is 9.78 Å². The topological polar surface area (TPSA) is 91.3 Å². The Labute approximate surface area is 109 Å². The molecule has 0 radical (unpaired) electrons. The first-order chi connectivity index (χ1) is 8.52. The van der Waals surface area contributed by atoms with E-state index in [0.29, 0.717) is 18.1 Å². The second kappa shape index (κ2) is 6.95. The van der Waals surface area contributed by atoms with Crippen LogP contribution >= 0.6 is 11.3 Å². The standard InChI is InChI=1S/C11H17N3O3S/c1-3-7(2)13-9(15)4-5-12-11-14-8(6-18-11)10(16)17/h6-7H,3-5H2,1-2H3,(H,12,14)(H,13,15)(H,16,17). The van der Waals surface area contributed by atoms with E-state index >= 15 is 0 Å². The fourth-order valence-electron chi connectivity index (χ4n) is 1.19. The number of carboxylic acids is 1. The number of rotatable bonds is 7. The van der Waals surface area contributed by atoms with Crippen LogP contribution in [-0.2, 0) is 4.79 Å². The van der Waals surface area contributed by atoms with E-state index in [1.165, 1.54) is 16.7 Å². The second-order valence-electron chi connectivity index (χ2n) is 3.90. The van der Waals surface area contributed by atoms with Gasteiger partial charge in [-0.15, -0.1) is 11.3 Å². The van der Waals surface area contributed by atoms with Gasteiger partial charge in [0.15, 0.2) is 10.8 Å². The molecule has 0 aliphatic rings. The Bertz CT molecular complexity index is 419. The van der Waals surface area contributed by atoms with E-state index in [9.17, 15) is 9.59 Å². The molecule has 1 unspecified atom stereocenters. The molecule has 0 bridgehead atoms. The maximum Gasteiger partial charge on any atom is 0.355 e. The quantitative estimate of drug-likeness (QED) is 0.700. The average Bonchev–Trinajstić information content (AvgIpc) is 2.77. The number of carboxylic acid groups (broad SMARTS) is 1. The largest absolute Gasteiger partial charge is 0.476 e. The lowest BCUT2D eigenvalue weighted by Crippen LogP contribution is -2.32. The van der Waals surface area contributed by atoms with E-state index in [1.54, 1.807) is 0 Å². The zero-order chi connectivity index (χ0) is 13.5. The molecule has 1 amide bonds. The first-order valence-electron chi connectivity index (χ1n) is 5.75. The molecule has 0 fully saturated rings. The monoisotopic (exact) mass is 271 g/mol. The van der Waals surface area contributed by atoms with Crippen molar-refractivity contribution in [1.82, 2.24) is 10.3 Å². The molecule has 100 valence electrons. The summed E-state index contributed by atoms with van der Waals surface area (Å²) in [4.78, 5) is 25.9. The third-order valence-electron chi connectivity index (χ3n) is 2.37. The minimum Gasteiger partial charge on any atom is -0.476 e. The van der Waals surface area contributed by atoms with Gasteiger partial charge >= 0.3 is 5.97 Å². The molecule has 1 atom stereocenters. The van der Waals surface area contributed by atoms with Gasteiger partial charge in [-0.3, -0.25) is 4.79 Å². The number of nitrogens with one attached hydrogen (secondary N) is 2. The van der Waals surface area contributed by atoms with Gasteiger partial charge in [0.2, 0.25) is 5.91 Å². The number of nitrogens with zero attached hydrogens (tertiary/aromatic N) is 1. The number of carbonyl (C=O) groups is 2. The number of hydrogen-bond donors (Lipinski definition) is 3. The molecule has 6 nitrogen and oxygen atoms in total. The molecule has 1 aromatic heterocycles. The summed E-state index contributed by atoms with van der Waals surface area (Å²) in [5.74, 6) is -1.07. The number of thiazole rings is 1. The third-order valence-corrected chi connectivity index (χ3v) is 3.17. The molecule has 18 heavy (non-hydrogen) atoms. The van der Waals surface area contributed by atoms with E-state index in [-0.39, 0.29) is 17.6 Å². The normalized spacial score (nSPS) is 11.9. The number of aromatic carboxylic acids is 1. The van der Waals surface area contributed by atoms with Crippen LogP contribution in [0.3, 0.4) is 0 Å². The van der Waals surface area contributed by atoms with Gasteiger partial charge in [-0.1, -0.05) is 6.92 Å². The fraction of sp³-hybridized carbons (Fsp3) is 0.545. The van der Waals surface area contributed by atoms with Crippen LogP contribution < -0.4 is 10.6 Å². The first-order valence-corrected chi connectivity index (χ1v) is 6.63. The van der Waals surface area contributed by atoms with Crippen LogP contribution in [0.25, 0.3) is 0 Å². The summed E-state index contributed by atoms with van der Waals surface area (Å²) in [5, 5.41) is 16.4. The Hall–Kier alpha value is -1.63. The Kier molecular flexibility index (Phi) is 5.57. The highest BCUT2D eigenvalue weighted by atomic mass is 32.1. The van der Waals surface area contributed by atoms with Crippen LogP contribution in [0, 0.1) is 0 Å². The van der Waals surface area contributed by atoms with Gasteiger partial charge in [0, 0.05) is 24.4 Å². The minimum atomic E-state index is -1.05. The van der Waals surface area contributed by atoms with Crippen molar-refractivity contribution in [2.75, 3.05) is 11.9 Å². The van der Waals surface area contributed by atoms with Crippen LogP contribution in [0.15, 0.2) is 5.38 Å². The van der Waals surface area contributed by atoms with Crippen molar-refractivity contribution in [3.63, 3.8) is 0 Å². The van der Waals surface area contributed by atoms with Crippen molar-refractivity contribution in [3.05, 3.63) is 11.1 Å².